The normalized spacial score (nSPS) is 12.4. The van der Waals surface area contributed by atoms with Crippen LogP contribution in [-0.2, 0) is 16.0 Å². The molecule has 0 saturated carbocycles. The van der Waals surface area contributed by atoms with E-state index in [0.717, 1.165) is 6.42 Å². The van der Waals surface area contributed by atoms with Gasteiger partial charge in [0.05, 0.1) is 6.61 Å². The highest BCUT2D eigenvalue weighted by molar-refractivity contribution is 7.10. The maximum atomic E-state index is 11.1. The van der Waals surface area contributed by atoms with E-state index in [2.05, 4.69) is 18.4 Å². The van der Waals surface area contributed by atoms with Gasteiger partial charge in [0.2, 0.25) is 0 Å². The molecule has 0 fully saturated rings. The summed E-state index contributed by atoms with van der Waals surface area (Å²) < 4.78 is 4.86. The molecule has 0 aliphatic heterocycles. The van der Waals surface area contributed by atoms with Gasteiger partial charge in [-0.3, -0.25) is 4.79 Å². The van der Waals surface area contributed by atoms with E-state index in [1.54, 1.807) is 11.3 Å². The third kappa shape index (κ3) is 4.33. The number of rotatable bonds is 6. The molecule has 1 atom stereocenters. The summed E-state index contributed by atoms with van der Waals surface area (Å²) in [5.41, 5.74) is 7.27. The lowest BCUT2D eigenvalue weighted by molar-refractivity contribution is -0.143. The molecular formula is C12H19NO2S. The van der Waals surface area contributed by atoms with E-state index in [1.807, 2.05) is 6.92 Å². The summed E-state index contributed by atoms with van der Waals surface area (Å²) >= 11 is 1.73. The van der Waals surface area contributed by atoms with E-state index in [-0.39, 0.29) is 12.0 Å². The van der Waals surface area contributed by atoms with E-state index >= 15 is 0 Å². The number of nitrogens with two attached hydrogens (primary N) is 1. The molecule has 0 bridgehead atoms. The predicted octanol–water partition coefficient (Wildman–Crippen LogP) is 2.27. The first-order valence-corrected chi connectivity index (χ1v) is 6.45. The number of aryl methyl sites for hydroxylation is 1. The number of carbonyl (C=O) groups excluding carboxylic acids is 1. The summed E-state index contributed by atoms with van der Waals surface area (Å²) in [5, 5.41) is 2.07. The van der Waals surface area contributed by atoms with Crippen LogP contribution >= 0.6 is 11.3 Å². The maximum absolute atomic E-state index is 11.1. The monoisotopic (exact) mass is 241 g/mol. The molecule has 90 valence electrons. The van der Waals surface area contributed by atoms with Crippen LogP contribution in [0.1, 0.15) is 30.2 Å². The molecule has 0 saturated heterocycles. The summed E-state index contributed by atoms with van der Waals surface area (Å²) in [7, 11) is 0. The van der Waals surface area contributed by atoms with Crippen LogP contribution in [-0.4, -0.2) is 18.6 Å². The lowest BCUT2D eigenvalue weighted by atomic mass is 10.1. The number of thiophene rings is 1. The van der Waals surface area contributed by atoms with Crippen LogP contribution in [0.2, 0.25) is 0 Å². The van der Waals surface area contributed by atoms with Crippen LogP contribution in [0.15, 0.2) is 11.4 Å². The van der Waals surface area contributed by atoms with E-state index in [0.29, 0.717) is 19.4 Å². The van der Waals surface area contributed by atoms with Crippen molar-refractivity contribution in [3.63, 3.8) is 0 Å². The van der Waals surface area contributed by atoms with Crippen LogP contribution in [0.25, 0.3) is 0 Å². The molecule has 1 heterocycles. The molecule has 4 heteroatoms. The minimum absolute atomic E-state index is 0.0433. The molecule has 0 aliphatic rings. The summed E-state index contributed by atoms with van der Waals surface area (Å²) in [6, 6.07) is 2.14. The van der Waals surface area contributed by atoms with Crippen molar-refractivity contribution < 1.29 is 9.53 Å². The van der Waals surface area contributed by atoms with Gasteiger partial charge < -0.3 is 10.5 Å². The highest BCUT2D eigenvalue weighted by Gasteiger charge is 2.10. The molecule has 1 aromatic rings. The Bertz CT molecular complexity index is 336. The number of hydrogen-bond acceptors (Lipinski definition) is 4. The van der Waals surface area contributed by atoms with Gasteiger partial charge in [-0.2, -0.15) is 0 Å². The van der Waals surface area contributed by atoms with Crippen LogP contribution in [0.4, 0.5) is 0 Å². The summed E-state index contributed by atoms with van der Waals surface area (Å²) in [6.07, 6.45) is 1.96. The van der Waals surface area contributed by atoms with Crippen molar-refractivity contribution in [3.8, 4) is 0 Å². The van der Waals surface area contributed by atoms with Crippen molar-refractivity contribution in [2.24, 2.45) is 5.73 Å². The molecule has 3 nitrogen and oxygen atoms in total. The summed E-state index contributed by atoms with van der Waals surface area (Å²) in [6.45, 7) is 4.34. The van der Waals surface area contributed by atoms with Crippen LogP contribution in [0.5, 0.6) is 0 Å². The van der Waals surface area contributed by atoms with E-state index in [4.69, 9.17) is 10.5 Å². The van der Waals surface area contributed by atoms with E-state index in [9.17, 15) is 4.79 Å². The topological polar surface area (TPSA) is 52.3 Å². The second-order valence-electron chi connectivity index (χ2n) is 3.83. The first-order chi connectivity index (χ1) is 7.63. The van der Waals surface area contributed by atoms with Crippen LogP contribution < -0.4 is 5.73 Å². The molecule has 1 unspecified atom stereocenters. The van der Waals surface area contributed by atoms with Gasteiger partial charge in [0.25, 0.3) is 0 Å². The molecule has 0 spiro atoms. The Morgan fingerprint density at radius 2 is 2.38 bits per heavy atom. The van der Waals surface area contributed by atoms with Gasteiger partial charge in [-0.25, -0.2) is 0 Å². The molecule has 0 amide bonds. The zero-order valence-corrected chi connectivity index (χ0v) is 10.7. The Labute approximate surface area is 101 Å². The highest BCUT2D eigenvalue weighted by Crippen LogP contribution is 2.18. The summed E-state index contributed by atoms with van der Waals surface area (Å²) in [5.74, 6) is -0.152. The minimum Gasteiger partial charge on any atom is -0.466 e. The average molecular weight is 241 g/mol. The van der Waals surface area contributed by atoms with Gasteiger partial charge in [0, 0.05) is 17.3 Å². The molecule has 1 aromatic heterocycles. The molecule has 2 N–H and O–H groups in total. The van der Waals surface area contributed by atoms with Crippen LogP contribution in [0, 0.1) is 6.92 Å². The Hall–Kier alpha value is -0.870. The molecular weight excluding hydrogens is 222 g/mol. The number of carbonyl (C=O) groups is 1. The van der Waals surface area contributed by atoms with Crippen molar-refractivity contribution in [1.82, 2.24) is 0 Å². The average Bonchev–Trinajstić information content (AvgIpc) is 2.62. The Kier molecular flexibility index (Phi) is 5.49. The van der Waals surface area contributed by atoms with E-state index < -0.39 is 0 Å². The molecule has 0 aliphatic carbocycles. The van der Waals surface area contributed by atoms with Gasteiger partial charge in [-0.15, -0.1) is 11.3 Å². The van der Waals surface area contributed by atoms with Crippen molar-refractivity contribution in [2.75, 3.05) is 6.61 Å². The predicted molar refractivity (Wildman–Crippen MR) is 66.6 cm³/mol. The largest absolute Gasteiger partial charge is 0.466 e. The highest BCUT2D eigenvalue weighted by atomic mass is 32.1. The first kappa shape index (κ1) is 13.2. The lowest BCUT2D eigenvalue weighted by Gasteiger charge is -2.10. The van der Waals surface area contributed by atoms with E-state index in [1.165, 1.54) is 10.4 Å². The molecule has 0 radical (unpaired) electrons. The molecule has 1 rings (SSSR count). The summed E-state index contributed by atoms with van der Waals surface area (Å²) in [4.78, 5) is 12.5. The van der Waals surface area contributed by atoms with Gasteiger partial charge in [-0.05, 0) is 43.7 Å². The Balaban J connectivity index is 2.28. The Morgan fingerprint density at radius 3 is 2.94 bits per heavy atom. The smallest absolute Gasteiger partial charge is 0.305 e. The minimum atomic E-state index is -0.152. The number of ether oxygens (including phenoxy) is 1. The van der Waals surface area contributed by atoms with Crippen molar-refractivity contribution in [2.45, 2.75) is 39.2 Å². The Morgan fingerprint density at radius 1 is 1.62 bits per heavy atom. The SMILES string of the molecule is CCOC(=O)CCC(N)Cc1sccc1C. The third-order valence-corrected chi connectivity index (χ3v) is 3.49. The number of esters is 1. The van der Waals surface area contributed by atoms with Gasteiger partial charge in [-0.1, -0.05) is 0 Å². The third-order valence-electron chi connectivity index (χ3n) is 2.44. The van der Waals surface area contributed by atoms with Gasteiger partial charge >= 0.3 is 5.97 Å². The first-order valence-electron chi connectivity index (χ1n) is 5.57. The van der Waals surface area contributed by atoms with Gasteiger partial charge in [0.15, 0.2) is 0 Å². The molecule has 0 aromatic carbocycles. The van der Waals surface area contributed by atoms with Gasteiger partial charge in [0.1, 0.15) is 0 Å². The maximum Gasteiger partial charge on any atom is 0.305 e. The van der Waals surface area contributed by atoms with Crippen LogP contribution in [0.3, 0.4) is 0 Å². The quantitative estimate of drug-likeness (QED) is 0.777. The fourth-order valence-corrected chi connectivity index (χ4v) is 2.49. The lowest BCUT2D eigenvalue weighted by Crippen LogP contribution is -2.24. The fraction of sp³-hybridized carbons (Fsp3) is 0.583. The fourth-order valence-electron chi connectivity index (χ4n) is 1.49. The number of hydrogen-bond donors (Lipinski definition) is 1. The molecule has 16 heavy (non-hydrogen) atoms. The standard InChI is InChI=1S/C12H19NO2S/c1-3-15-12(14)5-4-10(13)8-11-9(2)6-7-16-11/h6-7,10H,3-5,8,13H2,1-2H3. The van der Waals surface area contributed by atoms with Crippen molar-refractivity contribution in [3.05, 3.63) is 21.9 Å². The second kappa shape index (κ2) is 6.66. The second-order valence-corrected chi connectivity index (χ2v) is 4.84. The van der Waals surface area contributed by atoms with Crippen molar-refractivity contribution >= 4 is 17.3 Å². The van der Waals surface area contributed by atoms with Crippen molar-refractivity contribution in [1.29, 1.82) is 0 Å². The zero-order valence-electron chi connectivity index (χ0n) is 9.86. The zero-order chi connectivity index (χ0) is 12.0.